The maximum Gasteiger partial charge on any atom is 0.307 e. The summed E-state index contributed by atoms with van der Waals surface area (Å²) in [6.07, 6.45) is 3.34. The van der Waals surface area contributed by atoms with E-state index in [1.807, 2.05) is 0 Å². The van der Waals surface area contributed by atoms with Crippen molar-refractivity contribution in [1.82, 2.24) is 20.1 Å². The van der Waals surface area contributed by atoms with Gasteiger partial charge in [-0.3, -0.25) is 14.3 Å². The first-order chi connectivity index (χ1) is 8.58. The highest BCUT2D eigenvalue weighted by Gasteiger charge is 2.07. The van der Waals surface area contributed by atoms with E-state index in [0.717, 1.165) is 0 Å². The van der Waals surface area contributed by atoms with E-state index in [4.69, 9.17) is 4.74 Å². The molecule has 1 N–H and O–H groups in total. The Morgan fingerprint density at radius 3 is 2.78 bits per heavy atom. The number of carbonyl (C=O) groups is 2. The molecule has 7 nitrogen and oxygen atoms in total. The molecule has 0 atom stereocenters. The summed E-state index contributed by atoms with van der Waals surface area (Å²) in [5.41, 5.74) is 0. The number of nitrogens with zero attached hydrogens (tertiary/aromatic N) is 3. The third-order valence-electron chi connectivity index (χ3n) is 2.05. The summed E-state index contributed by atoms with van der Waals surface area (Å²) in [4.78, 5) is 26.4. The van der Waals surface area contributed by atoms with E-state index in [2.05, 4.69) is 15.4 Å². The summed E-state index contributed by atoms with van der Waals surface area (Å²) in [6.45, 7) is 4.34. The van der Waals surface area contributed by atoms with Crippen molar-refractivity contribution in [2.75, 3.05) is 6.54 Å². The van der Waals surface area contributed by atoms with E-state index in [0.29, 0.717) is 19.5 Å². The van der Waals surface area contributed by atoms with Gasteiger partial charge in [-0.05, 0) is 13.8 Å². The van der Waals surface area contributed by atoms with E-state index in [1.54, 1.807) is 24.9 Å². The van der Waals surface area contributed by atoms with Gasteiger partial charge in [0.2, 0.25) is 5.91 Å². The molecule has 0 saturated heterocycles. The normalized spacial score (nSPS) is 10.4. The fourth-order valence-corrected chi connectivity index (χ4v) is 1.28. The molecular weight excluding hydrogens is 236 g/mol. The number of rotatable bonds is 7. The van der Waals surface area contributed by atoms with E-state index in [9.17, 15) is 9.59 Å². The minimum atomic E-state index is -0.304. The zero-order valence-electron chi connectivity index (χ0n) is 10.6. The Labute approximate surface area is 106 Å². The van der Waals surface area contributed by atoms with Crippen molar-refractivity contribution in [2.45, 2.75) is 39.3 Å². The summed E-state index contributed by atoms with van der Waals surface area (Å²) in [6, 6.07) is 0. The summed E-state index contributed by atoms with van der Waals surface area (Å²) in [5.74, 6) is -0.426. The van der Waals surface area contributed by atoms with Gasteiger partial charge in [-0.25, -0.2) is 4.98 Å². The molecule has 0 aliphatic carbocycles. The molecule has 0 fully saturated rings. The fraction of sp³-hybridized carbons (Fsp3) is 0.636. The number of esters is 1. The van der Waals surface area contributed by atoms with Crippen LogP contribution in [0.15, 0.2) is 12.7 Å². The second kappa shape index (κ2) is 7.41. The van der Waals surface area contributed by atoms with Crippen molar-refractivity contribution in [2.24, 2.45) is 0 Å². The highest BCUT2D eigenvalue weighted by atomic mass is 16.5. The molecule has 0 saturated carbocycles. The topological polar surface area (TPSA) is 86.1 Å². The van der Waals surface area contributed by atoms with Crippen molar-refractivity contribution < 1.29 is 14.3 Å². The summed E-state index contributed by atoms with van der Waals surface area (Å²) < 4.78 is 6.51. The first-order valence-corrected chi connectivity index (χ1v) is 5.86. The second-order valence-electron chi connectivity index (χ2n) is 4.05. The second-order valence-corrected chi connectivity index (χ2v) is 4.05. The maximum absolute atomic E-state index is 11.4. The van der Waals surface area contributed by atoms with Gasteiger partial charge >= 0.3 is 5.97 Å². The predicted octanol–water partition coefficient (Wildman–Crippen LogP) is 0.126. The van der Waals surface area contributed by atoms with Crippen molar-refractivity contribution >= 4 is 11.9 Å². The lowest BCUT2D eigenvalue weighted by molar-refractivity contribution is -0.147. The Morgan fingerprint density at radius 2 is 2.17 bits per heavy atom. The van der Waals surface area contributed by atoms with E-state index >= 15 is 0 Å². The van der Waals surface area contributed by atoms with Crippen molar-refractivity contribution in [3.05, 3.63) is 12.7 Å². The van der Waals surface area contributed by atoms with Crippen LogP contribution in [-0.2, 0) is 20.9 Å². The van der Waals surface area contributed by atoms with Gasteiger partial charge in [0, 0.05) is 13.0 Å². The summed E-state index contributed by atoms with van der Waals surface area (Å²) in [5, 5.41) is 6.53. The number of aromatic nitrogens is 3. The van der Waals surface area contributed by atoms with Gasteiger partial charge < -0.3 is 10.1 Å². The number of amides is 1. The number of hydrogen-bond donors (Lipinski definition) is 1. The van der Waals surface area contributed by atoms with Gasteiger partial charge in [0.05, 0.1) is 19.1 Å². The number of nitrogens with one attached hydrogen (secondary N) is 1. The van der Waals surface area contributed by atoms with Gasteiger partial charge in [0.25, 0.3) is 0 Å². The largest absolute Gasteiger partial charge is 0.463 e. The van der Waals surface area contributed by atoms with Crippen LogP contribution in [0.4, 0.5) is 0 Å². The maximum atomic E-state index is 11.4. The molecule has 0 aromatic carbocycles. The van der Waals surface area contributed by atoms with Gasteiger partial charge in [-0.15, -0.1) is 0 Å². The average molecular weight is 254 g/mol. The molecule has 1 aromatic heterocycles. The van der Waals surface area contributed by atoms with E-state index in [-0.39, 0.29) is 24.4 Å². The van der Waals surface area contributed by atoms with Gasteiger partial charge in [0.15, 0.2) is 0 Å². The predicted molar refractivity (Wildman–Crippen MR) is 63.5 cm³/mol. The van der Waals surface area contributed by atoms with Crippen molar-refractivity contribution in [3.8, 4) is 0 Å². The van der Waals surface area contributed by atoms with Crippen molar-refractivity contribution in [3.63, 3.8) is 0 Å². The van der Waals surface area contributed by atoms with Gasteiger partial charge in [0.1, 0.15) is 12.7 Å². The van der Waals surface area contributed by atoms with Crippen LogP contribution in [0.25, 0.3) is 0 Å². The molecule has 100 valence electrons. The lowest BCUT2D eigenvalue weighted by atomic mass is 10.3. The van der Waals surface area contributed by atoms with Crippen LogP contribution < -0.4 is 5.32 Å². The smallest absolute Gasteiger partial charge is 0.307 e. The van der Waals surface area contributed by atoms with E-state index in [1.165, 1.54) is 6.33 Å². The standard InChI is InChI=1S/C11H18N4O3/c1-9(2)18-11(17)3-5-13-10(16)4-6-15-8-12-7-14-15/h7-9H,3-6H2,1-2H3,(H,13,16). The SMILES string of the molecule is CC(C)OC(=O)CCNC(=O)CCn1cncn1. The number of ether oxygens (including phenoxy) is 1. The molecule has 7 heteroatoms. The Kier molecular flexibility index (Phi) is 5.83. The molecule has 0 spiro atoms. The van der Waals surface area contributed by atoms with E-state index < -0.39 is 0 Å². The zero-order valence-corrected chi connectivity index (χ0v) is 10.6. The molecule has 1 amide bonds. The fourth-order valence-electron chi connectivity index (χ4n) is 1.28. The molecule has 0 bridgehead atoms. The molecule has 18 heavy (non-hydrogen) atoms. The van der Waals surface area contributed by atoms with Crippen LogP contribution in [-0.4, -0.2) is 39.3 Å². The Hall–Kier alpha value is -1.92. The highest BCUT2D eigenvalue weighted by Crippen LogP contribution is 1.93. The van der Waals surface area contributed by atoms with Gasteiger partial charge in [-0.2, -0.15) is 5.10 Å². The minimum Gasteiger partial charge on any atom is -0.463 e. The number of carbonyl (C=O) groups excluding carboxylic acids is 2. The van der Waals surface area contributed by atoms with Crippen LogP contribution in [0.1, 0.15) is 26.7 Å². The van der Waals surface area contributed by atoms with Crippen LogP contribution >= 0.6 is 0 Å². The lowest BCUT2D eigenvalue weighted by Gasteiger charge is -2.08. The van der Waals surface area contributed by atoms with Crippen LogP contribution in [0.5, 0.6) is 0 Å². The van der Waals surface area contributed by atoms with Crippen LogP contribution in [0.2, 0.25) is 0 Å². The van der Waals surface area contributed by atoms with Gasteiger partial charge in [-0.1, -0.05) is 0 Å². The zero-order chi connectivity index (χ0) is 13.4. The summed E-state index contributed by atoms with van der Waals surface area (Å²) in [7, 11) is 0. The average Bonchev–Trinajstić information content (AvgIpc) is 2.78. The molecule has 0 aliphatic rings. The molecule has 1 heterocycles. The molecule has 0 aliphatic heterocycles. The summed E-state index contributed by atoms with van der Waals surface area (Å²) >= 11 is 0. The molecule has 0 radical (unpaired) electrons. The highest BCUT2D eigenvalue weighted by molar-refractivity contribution is 5.76. The van der Waals surface area contributed by atoms with Crippen LogP contribution in [0.3, 0.4) is 0 Å². The molecule has 0 unspecified atom stereocenters. The first kappa shape index (κ1) is 14.1. The quantitative estimate of drug-likeness (QED) is 0.699. The Bertz CT molecular complexity index is 376. The number of hydrogen-bond acceptors (Lipinski definition) is 5. The molecular formula is C11H18N4O3. The number of aryl methyl sites for hydroxylation is 1. The third kappa shape index (κ3) is 5.97. The third-order valence-corrected chi connectivity index (χ3v) is 2.05. The van der Waals surface area contributed by atoms with Crippen LogP contribution in [0, 0.1) is 0 Å². The monoisotopic (exact) mass is 254 g/mol. The Morgan fingerprint density at radius 1 is 1.39 bits per heavy atom. The van der Waals surface area contributed by atoms with Crippen molar-refractivity contribution in [1.29, 1.82) is 0 Å². The molecule has 1 rings (SSSR count). The minimum absolute atomic E-state index is 0.122. The first-order valence-electron chi connectivity index (χ1n) is 5.86. The molecule has 1 aromatic rings. The lowest BCUT2D eigenvalue weighted by Crippen LogP contribution is -2.27. The Balaban J connectivity index is 2.08.